The molecule has 3 N–H and O–H groups in total. The highest BCUT2D eigenvalue weighted by atomic mass is 35.5. The molecule has 1 atom stereocenters. The van der Waals surface area contributed by atoms with Gasteiger partial charge < -0.3 is 15.6 Å². The lowest BCUT2D eigenvalue weighted by Gasteiger charge is -2.09. The van der Waals surface area contributed by atoms with Crippen molar-refractivity contribution in [2.24, 2.45) is 5.73 Å². The van der Waals surface area contributed by atoms with Gasteiger partial charge in [0.2, 0.25) is 9.84 Å². The van der Waals surface area contributed by atoms with Gasteiger partial charge in [0.25, 0.3) is 0 Å². The number of aliphatic hydroxyl groups excluding tert-OH is 1. The van der Waals surface area contributed by atoms with Crippen LogP contribution in [0.1, 0.15) is 5.56 Å². The zero-order valence-corrected chi connectivity index (χ0v) is 14.3. The molecule has 0 bridgehead atoms. The zero-order valence-electron chi connectivity index (χ0n) is 12.7. The monoisotopic (exact) mass is 357 g/mol. The second-order valence-electron chi connectivity index (χ2n) is 4.97. The Morgan fingerprint density at radius 3 is 1.96 bits per heavy atom. The van der Waals surface area contributed by atoms with Crippen LogP contribution in [0.4, 0.5) is 0 Å². The Hall–Kier alpha value is -1.60. The van der Waals surface area contributed by atoms with Gasteiger partial charge >= 0.3 is 0 Å². The van der Waals surface area contributed by atoms with Gasteiger partial charge in [-0.3, -0.25) is 0 Å². The molecule has 0 heterocycles. The van der Waals surface area contributed by atoms with Crippen LogP contribution in [-0.2, 0) is 16.3 Å². The Balaban J connectivity index is 0.00000264. The van der Waals surface area contributed by atoms with Crippen LogP contribution in [0.5, 0.6) is 5.75 Å². The molecule has 0 spiro atoms. The Labute approximate surface area is 142 Å². The number of sulfone groups is 1. The van der Waals surface area contributed by atoms with E-state index in [1.165, 1.54) is 19.2 Å². The van der Waals surface area contributed by atoms with Crippen molar-refractivity contribution in [3.05, 3.63) is 54.1 Å². The third-order valence-corrected chi connectivity index (χ3v) is 5.12. The molecule has 0 saturated carbocycles. The summed E-state index contributed by atoms with van der Waals surface area (Å²) >= 11 is 0. The number of methoxy groups -OCH3 is 1. The SMILES string of the molecule is COc1ccc(S(=O)(=O)c2ccc(CC(N)CO)cc2)cc1.Cl. The van der Waals surface area contributed by atoms with E-state index in [9.17, 15) is 8.42 Å². The predicted octanol–water partition coefficient (Wildman–Crippen LogP) is 1.81. The van der Waals surface area contributed by atoms with Gasteiger partial charge in [-0.15, -0.1) is 12.4 Å². The maximum Gasteiger partial charge on any atom is 0.206 e. The molecule has 0 saturated heterocycles. The summed E-state index contributed by atoms with van der Waals surface area (Å²) in [5, 5.41) is 8.94. The number of hydrogen-bond donors (Lipinski definition) is 2. The summed E-state index contributed by atoms with van der Waals surface area (Å²) in [5.41, 5.74) is 6.55. The lowest BCUT2D eigenvalue weighted by Crippen LogP contribution is -2.26. The van der Waals surface area contributed by atoms with Crippen LogP contribution in [-0.4, -0.2) is 33.3 Å². The topological polar surface area (TPSA) is 89.6 Å². The van der Waals surface area contributed by atoms with Crippen molar-refractivity contribution in [2.45, 2.75) is 22.3 Å². The average molecular weight is 358 g/mol. The van der Waals surface area contributed by atoms with Crippen molar-refractivity contribution in [1.82, 2.24) is 0 Å². The Morgan fingerprint density at radius 1 is 1.04 bits per heavy atom. The van der Waals surface area contributed by atoms with Gasteiger partial charge in [-0.1, -0.05) is 12.1 Å². The summed E-state index contributed by atoms with van der Waals surface area (Å²) in [6.07, 6.45) is 0.499. The lowest BCUT2D eigenvalue weighted by atomic mass is 10.1. The minimum absolute atomic E-state index is 0. The van der Waals surface area contributed by atoms with Crippen molar-refractivity contribution >= 4 is 22.2 Å². The van der Waals surface area contributed by atoms with Crippen LogP contribution in [0.15, 0.2) is 58.3 Å². The van der Waals surface area contributed by atoms with Crippen LogP contribution >= 0.6 is 12.4 Å². The van der Waals surface area contributed by atoms with Crippen molar-refractivity contribution < 1.29 is 18.3 Å². The summed E-state index contributed by atoms with van der Waals surface area (Å²) in [6, 6.07) is 12.5. The smallest absolute Gasteiger partial charge is 0.206 e. The first kappa shape index (κ1) is 19.4. The van der Waals surface area contributed by atoms with Gasteiger partial charge in [0.1, 0.15) is 5.75 Å². The van der Waals surface area contributed by atoms with E-state index in [1.54, 1.807) is 36.4 Å². The molecule has 0 aliphatic rings. The highest BCUT2D eigenvalue weighted by Gasteiger charge is 2.17. The maximum atomic E-state index is 12.5. The molecule has 7 heteroatoms. The fourth-order valence-electron chi connectivity index (χ4n) is 2.06. The average Bonchev–Trinajstić information content (AvgIpc) is 2.55. The number of halogens is 1. The van der Waals surface area contributed by atoms with E-state index in [-0.39, 0.29) is 34.8 Å². The van der Waals surface area contributed by atoms with E-state index >= 15 is 0 Å². The number of nitrogens with two attached hydrogens (primary N) is 1. The molecule has 2 rings (SSSR count). The van der Waals surface area contributed by atoms with Gasteiger partial charge in [0, 0.05) is 6.04 Å². The number of rotatable bonds is 6. The summed E-state index contributed by atoms with van der Waals surface area (Å²) in [7, 11) is -2.02. The molecule has 1 unspecified atom stereocenters. The zero-order chi connectivity index (χ0) is 16.2. The van der Waals surface area contributed by atoms with E-state index in [1.807, 2.05) is 0 Å². The molecule has 0 aromatic heterocycles. The Kier molecular flexibility index (Phi) is 7.02. The van der Waals surface area contributed by atoms with E-state index in [2.05, 4.69) is 0 Å². The van der Waals surface area contributed by atoms with Crippen LogP contribution in [0.25, 0.3) is 0 Å². The molecule has 0 fully saturated rings. The van der Waals surface area contributed by atoms with Gasteiger partial charge in [0.15, 0.2) is 0 Å². The third-order valence-electron chi connectivity index (χ3n) is 3.34. The van der Waals surface area contributed by atoms with Crippen molar-refractivity contribution in [1.29, 1.82) is 0 Å². The Bertz CT molecular complexity index is 715. The van der Waals surface area contributed by atoms with Crippen molar-refractivity contribution in [3.8, 4) is 5.75 Å². The minimum atomic E-state index is -3.55. The molecule has 2 aromatic rings. The maximum absolute atomic E-state index is 12.5. The van der Waals surface area contributed by atoms with Gasteiger partial charge in [-0.05, 0) is 48.4 Å². The molecule has 0 radical (unpaired) electrons. The lowest BCUT2D eigenvalue weighted by molar-refractivity contribution is 0.265. The van der Waals surface area contributed by atoms with E-state index in [0.29, 0.717) is 12.2 Å². The molecule has 23 heavy (non-hydrogen) atoms. The minimum Gasteiger partial charge on any atom is -0.497 e. The van der Waals surface area contributed by atoms with Crippen LogP contribution in [0, 0.1) is 0 Å². The summed E-state index contributed by atoms with van der Waals surface area (Å²) in [6.45, 7) is -0.105. The van der Waals surface area contributed by atoms with E-state index in [4.69, 9.17) is 15.6 Å². The highest BCUT2D eigenvalue weighted by molar-refractivity contribution is 7.91. The molecular weight excluding hydrogens is 338 g/mol. The predicted molar refractivity (Wildman–Crippen MR) is 90.9 cm³/mol. The number of aliphatic hydroxyl groups is 1. The first-order chi connectivity index (χ1) is 10.5. The number of benzene rings is 2. The van der Waals surface area contributed by atoms with Crippen LogP contribution < -0.4 is 10.5 Å². The summed E-state index contributed by atoms with van der Waals surface area (Å²) < 4.78 is 30.1. The van der Waals surface area contributed by atoms with Gasteiger partial charge in [0.05, 0.1) is 23.5 Å². The quantitative estimate of drug-likeness (QED) is 0.823. The first-order valence-corrected chi connectivity index (χ1v) is 8.30. The summed E-state index contributed by atoms with van der Waals surface area (Å²) in [4.78, 5) is 0.437. The fourth-order valence-corrected chi connectivity index (χ4v) is 3.32. The van der Waals surface area contributed by atoms with Crippen LogP contribution in [0.3, 0.4) is 0 Å². The van der Waals surface area contributed by atoms with Gasteiger partial charge in [-0.25, -0.2) is 8.42 Å². The van der Waals surface area contributed by atoms with Crippen molar-refractivity contribution in [3.63, 3.8) is 0 Å². The standard InChI is InChI=1S/C16H19NO4S.ClH/c1-21-14-4-8-16(9-5-14)22(19,20)15-6-2-12(3-7-15)10-13(17)11-18;/h2-9,13,18H,10-11,17H2,1H3;1H. The second-order valence-corrected chi connectivity index (χ2v) is 6.92. The van der Waals surface area contributed by atoms with Gasteiger partial charge in [-0.2, -0.15) is 0 Å². The van der Waals surface area contributed by atoms with E-state index < -0.39 is 9.84 Å². The van der Waals surface area contributed by atoms with Crippen LogP contribution in [0.2, 0.25) is 0 Å². The number of ether oxygens (including phenoxy) is 1. The van der Waals surface area contributed by atoms with Crippen molar-refractivity contribution in [2.75, 3.05) is 13.7 Å². The fraction of sp³-hybridized carbons (Fsp3) is 0.250. The molecule has 0 amide bonds. The number of hydrogen-bond acceptors (Lipinski definition) is 5. The molecule has 0 aliphatic carbocycles. The Morgan fingerprint density at radius 2 is 1.52 bits per heavy atom. The molecule has 126 valence electrons. The molecular formula is C16H20ClNO4S. The second kappa shape index (κ2) is 8.31. The largest absolute Gasteiger partial charge is 0.497 e. The summed E-state index contributed by atoms with van der Waals surface area (Å²) in [5.74, 6) is 0.604. The first-order valence-electron chi connectivity index (χ1n) is 6.82. The third kappa shape index (κ3) is 4.68. The van der Waals surface area contributed by atoms with E-state index in [0.717, 1.165) is 5.56 Å². The molecule has 5 nitrogen and oxygen atoms in total. The molecule has 2 aromatic carbocycles. The normalized spacial score (nSPS) is 12.3. The molecule has 0 aliphatic heterocycles. The highest BCUT2D eigenvalue weighted by Crippen LogP contribution is 2.23.